The first kappa shape index (κ1) is 21.6. The van der Waals surface area contributed by atoms with Crippen LogP contribution in [0.3, 0.4) is 0 Å². The molecule has 0 unspecified atom stereocenters. The van der Waals surface area contributed by atoms with E-state index in [1.807, 2.05) is 25.1 Å². The van der Waals surface area contributed by atoms with Gasteiger partial charge in [-0.1, -0.05) is 0 Å². The highest BCUT2D eigenvalue weighted by molar-refractivity contribution is 5.99. The number of H-pyrrole nitrogens is 2. The number of pyridine rings is 1. The average molecular weight is 474 g/mol. The fourth-order valence-corrected chi connectivity index (χ4v) is 5.06. The van der Waals surface area contributed by atoms with Gasteiger partial charge < -0.3 is 15.2 Å². The highest BCUT2D eigenvalue weighted by Gasteiger charge is 2.28. The van der Waals surface area contributed by atoms with Gasteiger partial charge in [0.1, 0.15) is 5.82 Å². The summed E-state index contributed by atoms with van der Waals surface area (Å²) in [4.78, 5) is 54.8. The summed E-state index contributed by atoms with van der Waals surface area (Å²) in [7, 11) is 0. The minimum absolute atomic E-state index is 0.00345. The Morgan fingerprint density at radius 1 is 1.14 bits per heavy atom. The molecule has 1 aromatic carbocycles. The fourth-order valence-electron chi connectivity index (χ4n) is 5.06. The number of fused-ring (bicyclic) bond motifs is 2. The molecule has 0 bridgehead atoms. The van der Waals surface area contributed by atoms with E-state index in [0.29, 0.717) is 43.1 Å². The van der Waals surface area contributed by atoms with Gasteiger partial charge in [0.25, 0.3) is 5.91 Å². The van der Waals surface area contributed by atoms with Gasteiger partial charge in [0.15, 0.2) is 5.65 Å². The second-order valence-corrected chi connectivity index (χ2v) is 9.55. The molecule has 0 atom stereocenters. The highest BCUT2D eigenvalue weighted by atomic mass is 16.2. The molecule has 3 aromatic heterocycles. The molecule has 10 heteroatoms. The molecule has 3 N–H and O–H groups in total. The van der Waals surface area contributed by atoms with Crippen LogP contribution in [-0.2, 0) is 4.79 Å². The number of hydrogen-bond acceptors (Lipinski definition) is 5. The molecule has 4 heterocycles. The number of likely N-dealkylation sites (tertiary alicyclic amines) is 1. The molecule has 180 valence electrons. The minimum Gasteiger partial charge on any atom is -0.343 e. The number of nitrogens with one attached hydrogen (secondary N) is 3. The quantitative estimate of drug-likeness (QED) is 0.410. The number of carbonyl (C=O) groups is 2. The predicted molar refractivity (Wildman–Crippen MR) is 130 cm³/mol. The van der Waals surface area contributed by atoms with Crippen molar-refractivity contribution in [3.8, 4) is 0 Å². The number of aromatic nitrogens is 5. The number of aromatic amines is 2. The van der Waals surface area contributed by atoms with Crippen LogP contribution in [0.15, 0.2) is 35.3 Å². The zero-order chi connectivity index (χ0) is 24.1. The number of aryl methyl sites for hydroxylation is 1. The Labute approximate surface area is 200 Å². The third kappa shape index (κ3) is 3.98. The summed E-state index contributed by atoms with van der Waals surface area (Å²) in [5, 5.41) is 2.77. The number of amides is 2. The van der Waals surface area contributed by atoms with Crippen molar-refractivity contribution < 1.29 is 9.59 Å². The topological polar surface area (TPSA) is 129 Å². The largest absolute Gasteiger partial charge is 0.343 e. The van der Waals surface area contributed by atoms with Gasteiger partial charge in [-0.2, -0.15) is 0 Å². The number of piperidine rings is 1. The Balaban J connectivity index is 1.07. The van der Waals surface area contributed by atoms with Crippen molar-refractivity contribution in [2.75, 3.05) is 19.6 Å². The average Bonchev–Trinajstić information content (AvgIpc) is 3.53. The first-order valence-electron chi connectivity index (χ1n) is 12.1. The molecular formula is C25H27N7O3. The van der Waals surface area contributed by atoms with Crippen LogP contribution in [0.1, 0.15) is 59.4 Å². The minimum atomic E-state index is -0.279. The molecule has 2 aliphatic rings. The van der Waals surface area contributed by atoms with Gasteiger partial charge >= 0.3 is 5.69 Å². The van der Waals surface area contributed by atoms with E-state index in [1.54, 1.807) is 21.7 Å². The van der Waals surface area contributed by atoms with Gasteiger partial charge in [-0.05, 0) is 62.4 Å². The molecule has 1 aliphatic heterocycles. The van der Waals surface area contributed by atoms with Crippen LogP contribution >= 0.6 is 0 Å². The molecule has 6 rings (SSSR count). The van der Waals surface area contributed by atoms with Gasteiger partial charge in [-0.25, -0.2) is 14.8 Å². The van der Waals surface area contributed by atoms with Crippen molar-refractivity contribution in [2.45, 2.75) is 44.6 Å². The molecule has 1 saturated carbocycles. The standard InChI is InChI=1S/C25H27N7O3/c1-14-11-16(12-18-21(14)29-22(28-18)15-4-5-15)24(34)27-13-20(33)31-9-6-17(7-10-31)32-19-3-2-8-26-23(19)30-25(32)35/h2-3,8,11-12,15,17H,4-7,9-10,13H2,1H3,(H,27,34)(H,28,29)(H,26,30,35). The lowest BCUT2D eigenvalue weighted by Gasteiger charge is -2.32. The molecule has 2 amide bonds. The van der Waals surface area contributed by atoms with Crippen LogP contribution in [0, 0.1) is 6.92 Å². The smallest absolute Gasteiger partial charge is 0.327 e. The van der Waals surface area contributed by atoms with Crippen LogP contribution in [0.4, 0.5) is 0 Å². The van der Waals surface area contributed by atoms with E-state index in [1.165, 1.54) is 0 Å². The van der Waals surface area contributed by atoms with Gasteiger partial charge in [0.2, 0.25) is 5.91 Å². The maximum absolute atomic E-state index is 12.8. The second kappa shape index (κ2) is 8.37. The molecule has 0 radical (unpaired) electrons. The van der Waals surface area contributed by atoms with E-state index < -0.39 is 0 Å². The first-order chi connectivity index (χ1) is 17.0. The van der Waals surface area contributed by atoms with Crippen LogP contribution in [0.2, 0.25) is 0 Å². The Morgan fingerprint density at radius 2 is 1.94 bits per heavy atom. The van der Waals surface area contributed by atoms with Gasteiger partial charge in [-0.15, -0.1) is 0 Å². The normalized spacial score (nSPS) is 16.8. The Hall–Kier alpha value is -3.95. The highest BCUT2D eigenvalue weighted by Crippen LogP contribution is 2.39. The molecule has 35 heavy (non-hydrogen) atoms. The number of carbonyl (C=O) groups excluding carboxylic acids is 2. The SMILES string of the molecule is Cc1cc(C(=O)NCC(=O)N2CCC(n3c(=O)[nH]c4ncccc43)CC2)cc2[nH]c(C3CC3)nc12. The molecule has 1 aliphatic carbocycles. The van der Waals surface area contributed by atoms with Crippen LogP contribution in [0.25, 0.3) is 22.2 Å². The van der Waals surface area contributed by atoms with Crippen LogP contribution in [0.5, 0.6) is 0 Å². The second-order valence-electron chi connectivity index (χ2n) is 9.55. The zero-order valence-electron chi connectivity index (χ0n) is 19.5. The summed E-state index contributed by atoms with van der Waals surface area (Å²) < 4.78 is 1.74. The van der Waals surface area contributed by atoms with E-state index in [0.717, 1.165) is 40.8 Å². The van der Waals surface area contributed by atoms with Gasteiger partial charge in [0, 0.05) is 36.8 Å². The lowest BCUT2D eigenvalue weighted by molar-refractivity contribution is -0.131. The summed E-state index contributed by atoms with van der Waals surface area (Å²) in [5.41, 5.74) is 4.38. The molecule has 10 nitrogen and oxygen atoms in total. The fraction of sp³-hybridized carbons (Fsp3) is 0.400. The zero-order valence-corrected chi connectivity index (χ0v) is 19.5. The maximum Gasteiger partial charge on any atom is 0.327 e. The van der Waals surface area contributed by atoms with Crippen molar-refractivity contribution in [3.05, 3.63) is 57.9 Å². The van der Waals surface area contributed by atoms with Gasteiger partial charge in [-0.3, -0.25) is 19.1 Å². The lowest BCUT2D eigenvalue weighted by atomic mass is 10.0. The number of rotatable bonds is 5. The van der Waals surface area contributed by atoms with Crippen LogP contribution < -0.4 is 11.0 Å². The van der Waals surface area contributed by atoms with Crippen molar-refractivity contribution >= 4 is 34.0 Å². The molecular weight excluding hydrogens is 446 g/mol. The molecule has 2 fully saturated rings. The first-order valence-corrected chi connectivity index (χ1v) is 12.1. The summed E-state index contributed by atoms with van der Waals surface area (Å²) >= 11 is 0. The molecule has 0 spiro atoms. The third-order valence-corrected chi connectivity index (χ3v) is 7.09. The van der Waals surface area contributed by atoms with Crippen molar-refractivity contribution in [3.63, 3.8) is 0 Å². The number of nitrogens with zero attached hydrogens (tertiary/aromatic N) is 4. The van der Waals surface area contributed by atoms with Gasteiger partial charge in [0.05, 0.1) is 23.1 Å². The maximum atomic E-state index is 12.8. The Morgan fingerprint density at radius 3 is 2.71 bits per heavy atom. The summed E-state index contributed by atoms with van der Waals surface area (Å²) in [6.45, 7) is 2.94. The molecule has 1 saturated heterocycles. The summed E-state index contributed by atoms with van der Waals surface area (Å²) in [6.07, 6.45) is 5.29. The Kier molecular flexibility index (Phi) is 5.16. The lowest BCUT2D eigenvalue weighted by Crippen LogP contribution is -2.45. The van der Waals surface area contributed by atoms with Crippen molar-refractivity contribution in [1.29, 1.82) is 0 Å². The Bertz CT molecular complexity index is 1500. The predicted octanol–water partition coefficient (Wildman–Crippen LogP) is 2.38. The molecule has 4 aromatic rings. The van der Waals surface area contributed by atoms with E-state index >= 15 is 0 Å². The summed E-state index contributed by atoms with van der Waals surface area (Å²) in [6, 6.07) is 7.32. The van der Waals surface area contributed by atoms with E-state index in [2.05, 4.69) is 25.3 Å². The van der Waals surface area contributed by atoms with Crippen molar-refractivity contribution in [2.24, 2.45) is 0 Å². The summed E-state index contributed by atoms with van der Waals surface area (Å²) in [5.74, 6) is 1.09. The van der Waals surface area contributed by atoms with E-state index in [9.17, 15) is 14.4 Å². The number of hydrogen-bond donors (Lipinski definition) is 3. The van der Waals surface area contributed by atoms with Crippen LogP contribution in [-0.4, -0.2) is 60.9 Å². The van der Waals surface area contributed by atoms with E-state index in [4.69, 9.17) is 0 Å². The van der Waals surface area contributed by atoms with E-state index in [-0.39, 0.29) is 30.1 Å². The van der Waals surface area contributed by atoms with Crippen molar-refractivity contribution in [1.82, 2.24) is 34.7 Å². The number of benzene rings is 1. The number of imidazole rings is 2. The third-order valence-electron chi connectivity index (χ3n) is 7.09. The monoisotopic (exact) mass is 473 g/mol.